The minimum Gasteiger partial charge on any atom is -0.384 e. The Kier molecular flexibility index (Phi) is 4.91. The summed E-state index contributed by atoms with van der Waals surface area (Å²) in [6, 6.07) is 2.86. The molecule has 1 amide bonds. The highest BCUT2D eigenvalue weighted by atomic mass is 32.1. The molecule has 3 aliphatic rings. The molecule has 2 aliphatic heterocycles. The van der Waals surface area contributed by atoms with Crippen LogP contribution < -0.4 is 0 Å². The van der Waals surface area contributed by atoms with E-state index in [9.17, 15) is 4.79 Å². The number of rotatable bonds is 4. The highest BCUT2D eigenvalue weighted by Gasteiger charge is 2.50. The first kappa shape index (κ1) is 17.5. The predicted molar refractivity (Wildman–Crippen MR) is 101 cm³/mol. The van der Waals surface area contributed by atoms with E-state index in [2.05, 4.69) is 9.80 Å². The van der Waals surface area contributed by atoms with Gasteiger partial charge in [0.05, 0.1) is 11.5 Å². The van der Waals surface area contributed by atoms with E-state index in [1.54, 1.807) is 11.3 Å². The molecule has 0 radical (unpaired) electrons. The van der Waals surface area contributed by atoms with Crippen molar-refractivity contribution in [1.29, 1.82) is 0 Å². The minimum atomic E-state index is 0.236. The lowest BCUT2D eigenvalue weighted by atomic mass is 9.71. The van der Waals surface area contributed by atoms with E-state index < -0.39 is 0 Å². The summed E-state index contributed by atoms with van der Waals surface area (Å²) in [4.78, 5) is 18.6. The van der Waals surface area contributed by atoms with E-state index in [-0.39, 0.29) is 5.91 Å². The zero-order valence-electron chi connectivity index (χ0n) is 15.5. The van der Waals surface area contributed by atoms with E-state index in [4.69, 9.17) is 4.74 Å². The molecule has 1 aromatic rings. The molecule has 25 heavy (non-hydrogen) atoms. The summed E-state index contributed by atoms with van der Waals surface area (Å²) >= 11 is 1.58. The molecule has 1 spiro atoms. The maximum Gasteiger partial charge on any atom is 0.264 e. The van der Waals surface area contributed by atoms with Gasteiger partial charge in [0.15, 0.2) is 0 Å². The van der Waals surface area contributed by atoms with Gasteiger partial charge in [0.25, 0.3) is 5.91 Å². The van der Waals surface area contributed by atoms with Crippen LogP contribution in [0.5, 0.6) is 0 Å². The smallest absolute Gasteiger partial charge is 0.264 e. The van der Waals surface area contributed by atoms with Gasteiger partial charge in [0.2, 0.25) is 0 Å². The second kappa shape index (κ2) is 7.01. The number of aryl methyl sites for hydroxylation is 1. The summed E-state index contributed by atoms with van der Waals surface area (Å²) in [5.74, 6) is 0.860. The Bertz CT molecular complexity index is 617. The first-order valence-corrected chi connectivity index (χ1v) is 10.6. The van der Waals surface area contributed by atoms with Crippen molar-refractivity contribution in [2.45, 2.75) is 45.1 Å². The standard InChI is InChI=1S/C20H30N2O2S/c1-15-6-11-25-18(15)19(23)21-9-7-20(8-10-21)14-22(17-4-3-5-17)12-16(20)13-24-2/h6,11,16-17H,3-5,7-10,12-14H2,1-2H3. The third-order valence-electron chi connectivity index (χ3n) is 6.90. The van der Waals surface area contributed by atoms with Crippen LogP contribution in [0.25, 0.3) is 0 Å². The summed E-state index contributed by atoms with van der Waals surface area (Å²) in [6.07, 6.45) is 6.39. The van der Waals surface area contributed by atoms with Crippen LogP contribution in [0.4, 0.5) is 0 Å². The first-order valence-electron chi connectivity index (χ1n) is 9.69. The number of amides is 1. The SMILES string of the molecule is COCC1CN(C2CCC2)CC12CCN(C(=O)c1sccc1C)CC2. The monoisotopic (exact) mass is 362 g/mol. The van der Waals surface area contributed by atoms with E-state index in [0.29, 0.717) is 11.3 Å². The lowest BCUT2D eigenvalue weighted by Gasteiger charge is -2.43. The Morgan fingerprint density at radius 2 is 2.12 bits per heavy atom. The molecule has 4 rings (SSSR count). The van der Waals surface area contributed by atoms with Gasteiger partial charge in [-0.25, -0.2) is 0 Å². The second-order valence-electron chi connectivity index (χ2n) is 8.25. The van der Waals surface area contributed by atoms with Crippen LogP contribution in [0, 0.1) is 18.3 Å². The topological polar surface area (TPSA) is 32.8 Å². The van der Waals surface area contributed by atoms with Crippen LogP contribution in [0.3, 0.4) is 0 Å². The molecule has 2 saturated heterocycles. The van der Waals surface area contributed by atoms with E-state index in [0.717, 1.165) is 49.0 Å². The van der Waals surface area contributed by atoms with Gasteiger partial charge in [0.1, 0.15) is 0 Å². The van der Waals surface area contributed by atoms with Crippen LogP contribution in [0.1, 0.15) is 47.3 Å². The lowest BCUT2D eigenvalue weighted by Crippen LogP contribution is -2.47. The molecule has 0 aromatic carbocycles. The predicted octanol–water partition coefficient (Wildman–Crippen LogP) is 3.41. The zero-order valence-corrected chi connectivity index (χ0v) is 16.3. The van der Waals surface area contributed by atoms with Crippen molar-refractivity contribution >= 4 is 17.2 Å². The second-order valence-corrected chi connectivity index (χ2v) is 9.17. The van der Waals surface area contributed by atoms with Crippen LogP contribution in [-0.4, -0.2) is 61.6 Å². The number of carbonyl (C=O) groups is 1. The maximum atomic E-state index is 12.8. The first-order chi connectivity index (χ1) is 12.1. The Morgan fingerprint density at radius 1 is 1.36 bits per heavy atom. The summed E-state index contributed by atoms with van der Waals surface area (Å²) in [5, 5.41) is 2.02. The van der Waals surface area contributed by atoms with Gasteiger partial charge in [-0.15, -0.1) is 11.3 Å². The number of likely N-dealkylation sites (tertiary alicyclic amines) is 2. The quantitative estimate of drug-likeness (QED) is 0.823. The third kappa shape index (κ3) is 3.15. The number of thiophene rings is 1. The molecule has 1 unspecified atom stereocenters. The highest BCUT2D eigenvalue weighted by molar-refractivity contribution is 7.12. The number of piperidine rings is 1. The molecule has 1 aliphatic carbocycles. The fraction of sp³-hybridized carbons (Fsp3) is 0.750. The number of carbonyl (C=O) groups excluding carboxylic acids is 1. The fourth-order valence-electron chi connectivity index (χ4n) is 4.99. The number of methoxy groups -OCH3 is 1. The van der Waals surface area contributed by atoms with Crippen molar-refractivity contribution in [1.82, 2.24) is 9.80 Å². The van der Waals surface area contributed by atoms with Crippen molar-refractivity contribution in [2.24, 2.45) is 11.3 Å². The molecule has 3 fully saturated rings. The maximum absolute atomic E-state index is 12.8. The molecule has 1 saturated carbocycles. The molecular weight excluding hydrogens is 332 g/mol. The van der Waals surface area contributed by atoms with Gasteiger partial charge < -0.3 is 9.64 Å². The van der Waals surface area contributed by atoms with Crippen molar-refractivity contribution in [3.05, 3.63) is 21.9 Å². The lowest BCUT2D eigenvalue weighted by molar-refractivity contribution is 0.0314. The van der Waals surface area contributed by atoms with Crippen molar-refractivity contribution < 1.29 is 9.53 Å². The Balaban J connectivity index is 1.43. The van der Waals surface area contributed by atoms with Crippen LogP contribution in [0.15, 0.2) is 11.4 Å². The molecule has 4 nitrogen and oxygen atoms in total. The molecule has 0 N–H and O–H groups in total. The van der Waals surface area contributed by atoms with Crippen LogP contribution in [-0.2, 0) is 4.74 Å². The largest absolute Gasteiger partial charge is 0.384 e. The summed E-state index contributed by atoms with van der Waals surface area (Å²) in [7, 11) is 1.83. The average molecular weight is 363 g/mol. The molecular formula is C20H30N2O2S. The van der Waals surface area contributed by atoms with Crippen LogP contribution >= 0.6 is 11.3 Å². The average Bonchev–Trinajstić information content (AvgIpc) is 3.11. The van der Waals surface area contributed by atoms with Gasteiger partial charge in [0, 0.05) is 45.2 Å². The van der Waals surface area contributed by atoms with Gasteiger partial charge in [-0.1, -0.05) is 6.42 Å². The van der Waals surface area contributed by atoms with Crippen molar-refractivity contribution in [2.75, 3.05) is 39.9 Å². The van der Waals surface area contributed by atoms with Crippen LogP contribution in [0.2, 0.25) is 0 Å². The molecule has 3 heterocycles. The molecule has 1 atom stereocenters. The summed E-state index contributed by atoms with van der Waals surface area (Å²) in [5.41, 5.74) is 1.47. The summed E-state index contributed by atoms with van der Waals surface area (Å²) < 4.78 is 5.58. The summed E-state index contributed by atoms with van der Waals surface area (Å²) in [6.45, 7) is 7.10. The molecule has 138 valence electrons. The van der Waals surface area contributed by atoms with E-state index in [1.807, 2.05) is 25.5 Å². The van der Waals surface area contributed by atoms with Gasteiger partial charge >= 0.3 is 0 Å². The molecule has 1 aromatic heterocycles. The molecule has 5 heteroatoms. The van der Waals surface area contributed by atoms with Gasteiger partial charge in [-0.05, 0) is 55.0 Å². The van der Waals surface area contributed by atoms with Crippen molar-refractivity contribution in [3.8, 4) is 0 Å². The minimum absolute atomic E-state index is 0.236. The Hall–Kier alpha value is -0.910. The van der Waals surface area contributed by atoms with E-state index >= 15 is 0 Å². The molecule has 0 bridgehead atoms. The number of ether oxygens (including phenoxy) is 1. The van der Waals surface area contributed by atoms with Crippen molar-refractivity contribution in [3.63, 3.8) is 0 Å². The Labute approximate surface area is 155 Å². The number of hydrogen-bond donors (Lipinski definition) is 0. The zero-order chi connectivity index (χ0) is 17.4. The third-order valence-corrected chi connectivity index (χ3v) is 7.91. The highest BCUT2D eigenvalue weighted by Crippen LogP contribution is 2.47. The van der Waals surface area contributed by atoms with E-state index in [1.165, 1.54) is 32.4 Å². The van der Waals surface area contributed by atoms with Gasteiger partial charge in [-0.2, -0.15) is 0 Å². The Morgan fingerprint density at radius 3 is 2.68 bits per heavy atom. The number of hydrogen-bond acceptors (Lipinski definition) is 4. The number of nitrogens with zero attached hydrogens (tertiary/aromatic N) is 2. The fourth-order valence-corrected chi connectivity index (χ4v) is 5.88. The van der Waals surface area contributed by atoms with Gasteiger partial charge in [-0.3, -0.25) is 9.69 Å². The normalized spacial score (nSPS) is 27.0.